The first-order chi connectivity index (χ1) is 10.6. The lowest BCUT2D eigenvalue weighted by Gasteiger charge is -2.23. The average molecular weight is 312 g/mol. The number of urea groups is 1. The van der Waals surface area contributed by atoms with E-state index in [1.54, 1.807) is 0 Å². The van der Waals surface area contributed by atoms with Gasteiger partial charge in [0.2, 0.25) is 0 Å². The van der Waals surface area contributed by atoms with Crippen molar-refractivity contribution in [3.63, 3.8) is 0 Å². The van der Waals surface area contributed by atoms with Crippen LogP contribution in [0, 0.1) is 6.92 Å². The van der Waals surface area contributed by atoms with E-state index >= 15 is 0 Å². The Balaban J connectivity index is 1.84. The fourth-order valence-corrected chi connectivity index (χ4v) is 3.64. The molecule has 0 saturated heterocycles. The third-order valence-electron chi connectivity index (χ3n) is 3.79. The van der Waals surface area contributed by atoms with Crippen LogP contribution in [-0.2, 0) is 0 Å². The number of carbonyl (C=O) groups excluding carboxylic acids is 1. The lowest BCUT2D eigenvalue weighted by molar-refractivity contribution is 0.257. The Morgan fingerprint density at radius 3 is 2.68 bits per heavy atom. The lowest BCUT2D eigenvalue weighted by Crippen LogP contribution is -2.36. The lowest BCUT2D eigenvalue weighted by atomic mass is 10.2. The third-order valence-corrected chi connectivity index (χ3v) is 5.03. The minimum Gasteiger partial charge on any atom is -0.308 e. The van der Waals surface area contributed by atoms with Crippen LogP contribution in [0.5, 0.6) is 0 Å². The first-order valence-electron chi connectivity index (χ1n) is 7.54. The Hall–Kier alpha value is -1.94. The molecule has 0 aromatic heterocycles. The number of thioether (sulfide) groups is 1. The van der Waals surface area contributed by atoms with Crippen LogP contribution in [0.1, 0.15) is 18.9 Å². The standard InChI is InChI=1S/C18H20N2OS/c1-13-7-9-15(10-8-13)19-18(21)20-12-11-14(2)22-17-6-4-3-5-16(17)20/h3-10,14H,11-12H2,1-2H3,(H,19,21)/t14-/m0/s1. The van der Waals surface area contributed by atoms with E-state index in [-0.39, 0.29) is 6.03 Å². The summed E-state index contributed by atoms with van der Waals surface area (Å²) < 4.78 is 0. The number of hydrogen-bond donors (Lipinski definition) is 1. The van der Waals surface area contributed by atoms with E-state index in [0.29, 0.717) is 5.25 Å². The number of para-hydroxylation sites is 1. The highest BCUT2D eigenvalue weighted by Crippen LogP contribution is 2.37. The zero-order valence-corrected chi connectivity index (χ0v) is 13.7. The van der Waals surface area contributed by atoms with E-state index < -0.39 is 0 Å². The third kappa shape index (κ3) is 3.28. The predicted octanol–water partition coefficient (Wildman–Crippen LogP) is 4.92. The summed E-state index contributed by atoms with van der Waals surface area (Å²) in [6.45, 7) is 4.99. The Morgan fingerprint density at radius 1 is 1.18 bits per heavy atom. The summed E-state index contributed by atoms with van der Waals surface area (Å²) in [4.78, 5) is 15.7. The molecule has 0 spiro atoms. The topological polar surface area (TPSA) is 32.3 Å². The number of carbonyl (C=O) groups is 1. The summed E-state index contributed by atoms with van der Waals surface area (Å²) in [5, 5.41) is 3.51. The minimum atomic E-state index is -0.0639. The molecule has 0 aliphatic carbocycles. The van der Waals surface area contributed by atoms with Crippen molar-refractivity contribution in [3.05, 3.63) is 54.1 Å². The van der Waals surface area contributed by atoms with Gasteiger partial charge in [-0.1, -0.05) is 36.8 Å². The van der Waals surface area contributed by atoms with Crippen LogP contribution in [-0.4, -0.2) is 17.8 Å². The zero-order valence-electron chi connectivity index (χ0n) is 12.9. The van der Waals surface area contributed by atoms with Crippen molar-refractivity contribution >= 4 is 29.2 Å². The Morgan fingerprint density at radius 2 is 1.91 bits per heavy atom. The van der Waals surface area contributed by atoms with E-state index in [0.717, 1.165) is 24.3 Å². The van der Waals surface area contributed by atoms with Crippen molar-refractivity contribution in [1.29, 1.82) is 0 Å². The van der Waals surface area contributed by atoms with Crippen molar-refractivity contribution in [2.24, 2.45) is 0 Å². The molecule has 22 heavy (non-hydrogen) atoms. The SMILES string of the molecule is Cc1ccc(NC(=O)N2CC[C@H](C)Sc3ccccc32)cc1. The fourth-order valence-electron chi connectivity index (χ4n) is 2.53. The van der Waals surface area contributed by atoms with Crippen molar-refractivity contribution in [2.75, 3.05) is 16.8 Å². The Bertz CT molecular complexity index is 669. The minimum absolute atomic E-state index is 0.0639. The van der Waals surface area contributed by atoms with Gasteiger partial charge in [0, 0.05) is 22.4 Å². The molecular weight excluding hydrogens is 292 g/mol. The van der Waals surface area contributed by atoms with Crippen molar-refractivity contribution in [1.82, 2.24) is 0 Å². The summed E-state index contributed by atoms with van der Waals surface area (Å²) >= 11 is 1.84. The quantitative estimate of drug-likeness (QED) is 0.810. The molecule has 2 amide bonds. The maximum absolute atomic E-state index is 12.7. The highest BCUT2D eigenvalue weighted by atomic mass is 32.2. The van der Waals surface area contributed by atoms with Crippen LogP contribution >= 0.6 is 11.8 Å². The van der Waals surface area contributed by atoms with Gasteiger partial charge >= 0.3 is 6.03 Å². The molecule has 3 nitrogen and oxygen atoms in total. The molecule has 1 heterocycles. The van der Waals surface area contributed by atoms with Gasteiger partial charge in [0.1, 0.15) is 0 Å². The first-order valence-corrected chi connectivity index (χ1v) is 8.42. The Kier molecular flexibility index (Phi) is 4.39. The maximum atomic E-state index is 12.7. The number of nitrogens with one attached hydrogen (secondary N) is 1. The molecule has 1 aliphatic rings. The van der Waals surface area contributed by atoms with E-state index in [9.17, 15) is 4.79 Å². The first kappa shape index (κ1) is 15.0. The van der Waals surface area contributed by atoms with Gasteiger partial charge in [-0.05, 0) is 37.6 Å². The van der Waals surface area contributed by atoms with Crippen LogP contribution in [0.4, 0.5) is 16.2 Å². The second kappa shape index (κ2) is 6.44. The van der Waals surface area contributed by atoms with E-state index in [2.05, 4.69) is 18.3 Å². The number of benzene rings is 2. The molecule has 1 N–H and O–H groups in total. The molecule has 0 unspecified atom stereocenters. The van der Waals surface area contributed by atoms with Gasteiger partial charge in [0.25, 0.3) is 0 Å². The van der Waals surface area contributed by atoms with Crippen LogP contribution in [0.15, 0.2) is 53.4 Å². The van der Waals surface area contributed by atoms with E-state index in [4.69, 9.17) is 0 Å². The predicted molar refractivity (Wildman–Crippen MR) is 93.9 cm³/mol. The van der Waals surface area contributed by atoms with E-state index in [1.165, 1.54) is 10.5 Å². The van der Waals surface area contributed by atoms with Crippen LogP contribution < -0.4 is 10.2 Å². The highest BCUT2D eigenvalue weighted by Gasteiger charge is 2.24. The van der Waals surface area contributed by atoms with Crippen molar-refractivity contribution in [2.45, 2.75) is 30.4 Å². The molecule has 0 fully saturated rings. The molecular formula is C18H20N2OS. The van der Waals surface area contributed by atoms with Crippen molar-refractivity contribution < 1.29 is 4.79 Å². The molecule has 114 valence electrons. The summed E-state index contributed by atoms with van der Waals surface area (Å²) in [7, 11) is 0. The van der Waals surface area contributed by atoms with Crippen LogP contribution in [0.2, 0.25) is 0 Å². The number of nitrogens with zero attached hydrogens (tertiary/aromatic N) is 1. The highest BCUT2D eigenvalue weighted by molar-refractivity contribution is 8.00. The number of fused-ring (bicyclic) bond motifs is 1. The van der Waals surface area contributed by atoms with E-state index in [1.807, 2.05) is 66.1 Å². The van der Waals surface area contributed by atoms with Crippen molar-refractivity contribution in [3.8, 4) is 0 Å². The molecule has 0 radical (unpaired) electrons. The van der Waals surface area contributed by atoms with Crippen LogP contribution in [0.3, 0.4) is 0 Å². The van der Waals surface area contributed by atoms with Crippen LogP contribution in [0.25, 0.3) is 0 Å². The molecule has 0 bridgehead atoms. The van der Waals surface area contributed by atoms with Gasteiger partial charge in [-0.2, -0.15) is 0 Å². The van der Waals surface area contributed by atoms with Gasteiger partial charge < -0.3 is 5.32 Å². The number of aryl methyl sites for hydroxylation is 1. The monoisotopic (exact) mass is 312 g/mol. The Labute approximate surface area is 135 Å². The molecule has 0 saturated carbocycles. The fraction of sp³-hybridized carbons (Fsp3) is 0.278. The molecule has 2 aromatic rings. The number of hydrogen-bond acceptors (Lipinski definition) is 2. The van der Waals surface area contributed by atoms with Gasteiger partial charge in [-0.25, -0.2) is 4.79 Å². The number of rotatable bonds is 1. The summed E-state index contributed by atoms with van der Waals surface area (Å²) in [6.07, 6.45) is 0.987. The average Bonchev–Trinajstić information content (AvgIpc) is 2.68. The van der Waals surface area contributed by atoms with Gasteiger partial charge in [0.15, 0.2) is 0 Å². The zero-order chi connectivity index (χ0) is 15.5. The maximum Gasteiger partial charge on any atom is 0.326 e. The summed E-state index contributed by atoms with van der Waals surface area (Å²) in [5.41, 5.74) is 3.02. The summed E-state index contributed by atoms with van der Waals surface area (Å²) in [6, 6.07) is 16.0. The molecule has 4 heteroatoms. The number of amides is 2. The second-order valence-electron chi connectivity index (χ2n) is 5.63. The van der Waals surface area contributed by atoms with Gasteiger partial charge in [0.05, 0.1) is 5.69 Å². The van der Waals surface area contributed by atoms with Gasteiger partial charge in [-0.15, -0.1) is 11.8 Å². The second-order valence-corrected chi connectivity index (χ2v) is 7.11. The molecule has 3 rings (SSSR count). The normalized spacial score (nSPS) is 17.5. The van der Waals surface area contributed by atoms with Gasteiger partial charge in [-0.3, -0.25) is 4.90 Å². The molecule has 1 atom stereocenters. The largest absolute Gasteiger partial charge is 0.326 e. The molecule has 1 aliphatic heterocycles. The smallest absolute Gasteiger partial charge is 0.308 e. The molecule has 2 aromatic carbocycles. The summed E-state index contributed by atoms with van der Waals surface area (Å²) in [5.74, 6) is 0. The number of anilines is 2.